The van der Waals surface area contributed by atoms with Crippen LogP contribution in [0.2, 0.25) is 0 Å². The summed E-state index contributed by atoms with van der Waals surface area (Å²) in [7, 11) is 0. The van der Waals surface area contributed by atoms with Gasteiger partial charge in [0.2, 0.25) is 11.5 Å². The number of esters is 2. The van der Waals surface area contributed by atoms with Crippen LogP contribution >= 0.6 is 0 Å². The van der Waals surface area contributed by atoms with Crippen LogP contribution < -0.4 is 10.9 Å². The van der Waals surface area contributed by atoms with Gasteiger partial charge in [-0.1, -0.05) is 25.1 Å². The fourth-order valence-electron chi connectivity index (χ4n) is 4.86. The van der Waals surface area contributed by atoms with Crippen LogP contribution in [0.15, 0.2) is 41.2 Å². The molecule has 2 aliphatic rings. The summed E-state index contributed by atoms with van der Waals surface area (Å²) in [4.78, 5) is 67.1. The van der Waals surface area contributed by atoms with Crippen molar-refractivity contribution < 1.29 is 28.7 Å². The van der Waals surface area contributed by atoms with Gasteiger partial charge < -0.3 is 24.2 Å². The molecule has 1 atom stereocenters. The largest absolute Gasteiger partial charge is 0.457 e. The highest BCUT2D eigenvalue weighted by Gasteiger charge is 2.50. The van der Waals surface area contributed by atoms with Crippen LogP contribution in [0.25, 0.3) is 22.3 Å². The molecule has 0 spiro atoms. The molecule has 1 aromatic carbocycles. The predicted octanol–water partition coefficient (Wildman–Crippen LogP) is 2.12. The Bertz CT molecular complexity index is 1540. The summed E-state index contributed by atoms with van der Waals surface area (Å²) in [5.41, 5.74) is 1.13. The number of hydrogen-bond donors (Lipinski definition) is 1. The predicted molar refractivity (Wildman–Crippen MR) is 131 cm³/mol. The minimum absolute atomic E-state index is 0.0176. The Kier molecular flexibility index (Phi) is 6.10. The average molecular weight is 504 g/mol. The molecule has 1 unspecified atom stereocenters. The molecule has 10 heteroatoms. The van der Waals surface area contributed by atoms with E-state index in [0.717, 1.165) is 16.5 Å². The third-order valence-corrected chi connectivity index (χ3v) is 6.81. The molecule has 0 saturated carbocycles. The van der Waals surface area contributed by atoms with Crippen LogP contribution in [0.1, 0.15) is 49.8 Å². The van der Waals surface area contributed by atoms with E-state index in [1.54, 1.807) is 17.6 Å². The quantitative estimate of drug-likeness (QED) is 0.379. The van der Waals surface area contributed by atoms with E-state index in [1.807, 2.05) is 30.3 Å². The molecular weight excluding hydrogens is 478 g/mol. The molecule has 0 radical (unpaired) electrons. The minimum Gasteiger partial charge on any atom is -0.457 e. The maximum absolute atomic E-state index is 13.5. The Morgan fingerprint density at radius 3 is 2.70 bits per heavy atom. The lowest BCUT2D eigenvalue weighted by Gasteiger charge is -2.35. The lowest BCUT2D eigenvalue weighted by Crippen LogP contribution is -2.48. The van der Waals surface area contributed by atoms with E-state index in [-0.39, 0.29) is 48.3 Å². The minimum atomic E-state index is -1.84. The number of ether oxygens (including phenoxy) is 2. The normalized spacial score (nSPS) is 17.4. The number of rotatable bonds is 7. The van der Waals surface area contributed by atoms with Crippen molar-refractivity contribution in [3.05, 3.63) is 63.4 Å². The first kappa shape index (κ1) is 24.4. The smallest absolute Gasteiger partial charge is 0.355 e. The molecule has 1 amide bonds. The maximum atomic E-state index is 13.5. The highest BCUT2D eigenvalue weighted by Crippen LogP contribution is 2.40. The molecule has 1 N–H and O–H groups in total. The van der Waals surface area contributed by atoms with Crippen molar-refractivity contribution in [1.82, 2.24) is 14.9 Å². The average Bonchev–Trinajstić information content (AvgIpc) is 3.24. The number of carbonyl (C=O) groups excluding carboxylic acids is 4. The van der Waals surface area contributed by atoms with E-state index in [9.17, 15) is 24.0 Å². The number of nitrogens with zero attached hydrogens (tertiary/aromatic N) is 2. The Labute approximate surface area is 211 Å². The van der Waals surface area contributed by atoms with Gasteiger partial charge in [-0.25, -0.2) is 9.78 Å². The molecule has 3 aromatic rings. The Morgan fingerprint density at radius 2 is 1.95 bits per heavy atom. The molecule has 0 bridgehead atoms. The van der Waals surface area contributed by atoms with Gasteiger partial charge in [-0.2, -0.15) is 0 Å². The van der Waals surface area contributed by atoms with Crippen molar-refractivity contribution in [3.63, 3.8) is 0 Å². The summed E-state index contributed by atoms with van der Waals surface area (Å²) in [6, 6.07) is 11.3. The van der Waals surface area contributed by atoms with Crippen molar-refractivity contribution in [2.45, 2.75) is 51.9 Å². The Morgan fingerprint density at radius 1 is 1.16 bits per heavy atom. The van der Waals surface area contributed by atoms with Gasteiger partial charge in [-0.3, -0.25) is 14.4 Å². The number of amides is 1. The molecule has 0 fully saturated rings. The zero-order chi connectivity index (χ0) is 26.3. The highest BCUT2D eigenvalue weighted by atomic mass is 16.6. The first-order chi connectivity index (χ1) is 17.7. The van der Waals surface area contributed by atoms with Gasteiger partial charge in [0.05, 0.1) is 29.0 Å². The summed E-state index contributed by atoms with van der Waals surface area (Å²) in [5, 5.41) is 3.35. The number of cyclic esters (lactones) is 1. The third kappa shape index (κ3) is 4.18. The topological polar surface area (TPSA) is 134 Å². The van der Waals surface area contributed by atoms with Gasteiger partial charge >= 0.3 is 11.9 Å². The fraction of sp³-hybridized carbons (Fsp3) is 0.333. The number of fused-ring (bicyclic) bond motifs is 5. The third-order valence-electron chi connectivity index (χ3n) is 6.81. The Hall–Kier alpha value is -4.34. The summed E-state index contributed by atoms with van der Waals surface area (Å²) in [6.07, 6.45) is 0.0134. The number of carbonyl (C=O) groups is 4. The van der Waals surface area contributed by atoms with Gasteiger partial charge in [0.25, 0.3) is 5.56 Å². The second kappa shape index (κ2) is 9.27. The zero-order valence-corrected chi connectivity index (χ0v) is 20.5. The number of ketones is 1. The van der Waals surface area contributed by atoms with E-state index in [0.29, 0.717) is 17.9 Å². The molecule has 2 aromatic heterocycles. The monoisotopic (exact) mass is 503 g/mol. The number of aromatic nitrogens is 2. The van der Waals surface area contributed by atoms with Crippen molar-refractivity contribution in [1.29, 1.82) is 0 Å². The van der Waals surface area contributed by atoms with Crippen LogP contribution in [0.3, 0.4) is 0 Å². The molecule has 37 heavy (non-hydrogen) atoms. The van der Waals surface area contributed by atoms with Crippen LogP contribution in [-0.2, 0) is 47.4 Å². The van der Waals surface area contributed by atoms with E-state index < -0.39 is 30.0 Å². The van der Waals surface area contributed by atoms with Crippen molar-refractivity contribution in [2.75, 3.05) is 6.54 Å². The molecule has 4 heterocycles. The molecule has 190 valence electrons. The van der Waals surface area contributed by atoms with Crippen molar-refractivity contribution in [3.8, 4) is 11.4 Å². The molecule has 0 aliphatic carbocycles. The number of pyridine rings is 2. The molecular formula is C27H25N3O7. The van der Waals surface area contributed by atoms with Gasteiger partial charge in [-0.15, -0.1) is 0 Å². The Balaban J connectivity index is 1.51. The number of nitrogens with one attached hydrogen (secondary N) is 1. The number of benzene rings is 1. The second-order valence-corrected chi connectivity index (χ2v) is 9.21. The number of hydrogen-bond acceptors (Lipinski definition) is 8. The molecule has 0 saturated heterocycles. The number of para-hydroxylation sites is 1. The first-order valence-corrected chi connectivity index (χ1v) is 12.0. The summed E-state index contributed by atoms with van der Waals surface area (Å²) < 4.78 is 12.6. The molecule has 5 rings (SSSR count). The zero-order valence-electron chi connectivity index (χ0n) is 20.5. The van der Waals surface area contributed by atoms with Crippen molar-refractivity contribution >= 4 is 34.5 Å². The van der Waals surface area contributed by atoms with E-state index in [4.69, 9.17) is 14.5 Å². The summed E-state index contributed by atoms with van der Waals surface area (Å²) >= 11 is 0. The standard InChI is InChI=1S/C27H25N3O7/c1-3-27(37-23(33)12-28-22(32)9-8-15(2)31)19-11-21-24-17(10-16-6-4-5-7-20(16)29-24)13-30(21)25(34)18(19)14-36-26(27)35/h4-7,10-11H,3,8-9,12-14H2,1-2H3,(H,28,32). The maximum Gasteiger partial charge on any atom is 0.355 e. The van der Waals surface area contributed by atoms with Crippen LogP contribution in [0.5, 0.6) is 0 Å². The van der Waals surface area contributed by atoms with Gasteiger partial charge in [0.1, 0.15) is 18.9 Å². The lowest BCUT2D eigenvalue weighted by molar-refractivity contribution is -0.189. The van der Waals surface area contributed by atoms with Gasteiger partial charge in [-0.05, 0) is 31.5 Å². The van der Waals surface area contributed by atoms with E-state index >= 15 is 0 Å². The SMILES string of the molecule is CCC1(OC(=O)CNC(=O)CCC(C)=O)C(=O)OCc2c1cc1n(c2=O)Cc2cc3ccccc3nc2-1. The summed E-state index contributed by atoms with van der Waals surface area (Å²) in [6.45, 7) is 2.61. The lowest BCUT2D eigenvalue weighted by atomic mass is 9.85. The first-order valence-electron chi connectivity index (χ1n) is 12.0. The van der Waals surface area contributed by atoms with E-state index in [1.165, 1.54) is 6.92 Å². The van der Waals surface area contributed by atoms with Crippen LogP contribution in [-0.4, -0.2) is 39.7 Å². The van der Waals surface area contributed by atoms with Gasteiger partial charge in [0, 0.05) is 29.4 Å². The molecule has 10 nitrogen and oxygen atoms in total. The summed E-state index contributed by atoms with van der Waals surface area (Å²) in [5.74, 6) is -2.29. The number of Topliss-reactive ketones (excluding diaryl/α,β-unsaturated/α-hetero) is 1. The van der Waals surface area contributed by atoms with Crippen LogP contribution in [0.4, 0.5) is 0 Å². The highest BCUT2D eigenvalue weighted by molar-refractivity contribution is 5.90. The molecule has 2 aliphatic heterocycles. The fourth-order valence-corrected chi connectivity index (χ4v) is 4.86. The van der Waals surface area contributed by atoms with Crippen LogP contribution in [0, 0.1) is 0 Å². The second-order valence-electron chi connectivity index (χ2n) is 9.21. The van der Waals surface area contributed by atoms with Crippen molar-refractivity contribution in [2.24, 2.45) is 0 Å². The van der Waals surface area contributed by atoms with Gasteiger partial charge in [0.15, 0.2) is 0 Å². The van der Waals surface area contributed by atoms with E-state index in [2.05, 4.69) is 5.32 Å².